The van der Waals surface area contributed by atoms with Gasteiger partial charge < -0.3 is 9.84 Å². The van der Waals surface area contributed by atoms with Gasteiger partial charge in [-0.05, 0) is 18.9 Å². The van der Waals surface area contributed by atoms with Crippen molar-refractivity contribution in [1.29, 1.82) is 0 Å². The molecule has 0 aliphatic carbocycles. The Kier molecular flexibility index (Phi) is 2.25. The summed E-state index contributed by atoms with van der Waals surface area (Å²) in [5.74, 6) is 0. The maximum atomic E-state index is 8.72. The molecule has 2 heteroatoms. The zero-order chi connectivity index (χ0) is 6.69. The monoisotopic (exact) mass is 128 g/mol. The number of aliphatic hydroxyl groups is 1. The standard InChI is InChI=1S/C7H12O2/c1-6-2-3-9-5-7(6)4-8/h8H,2-5H2,1H3. The van der Waals surface area contributed by atoms with Gasteiger partial charge in [0.1, 0.15) is 0 Å². The van der Waals surface area contributed by atoms with Crippen molar-refractivity contribution in [3.63, 3.8) is 0 Å². The average molecular weight is 128 g/mol. The van der Waals surface area contributed by atoms with Crippen molar-refractivity contribution in [2.45, 2.75) is 13.3 Å². The molecule has 1 aliphatic rings. The van der Waals surface area contributed by atoms with Crippen molar-refractivity contribution in [3.8, 4) is 0 Å². The molecule has 1 heterocycles. The van der Waals surface area contributed by atoms with Gasteiger partial charge in [-0.15, -0.1) is 0 Å². The number of ether oxygens (including phenoxy) is 1. The molecule has 0 aromatic rings. The second-order valence-corrected chi connectivity index (χ2v) is 2.34. The Bertz CT molecular complexity index is 127. The third-order valence-corrected chi connectivity index (χ3v) is 1.69. The van der Waals surface area contributed by atoms with Crippen molar-refractivity contribution < 1.29 is 9.84 Å². The first-order valence-electron chi connectivity index (χ1n) is 3.20. The van der Waals surface area contributed by atoms with E-state index in [-0.39, 0.29) is 6.61 Å². The quantitative estimate of drug-likeness (QED) is 0.527. The van der Waals surface area contributed by atoms with E-state index in [4.69, 9.17) is 9.84 Å². The van der Waals surface area contributed by atoms with Gasteiger partial charge in [0.15, 0.2) is 0 Å². The van der Waals surface area contributed by atoms with Crippen LogP contribution in [-0.2, 0) is 4.74 Å². The second-order valence-electron chi connectivity index (χ2n) is 2.34. The normalized spacial score (nSPS) is 20.7. The van der Waals surface area contributed by atoms with Gasteiger partial charge >= 0.3 is 0 Å². The molecule has 2 nitrogen and oxygen atoms in total. The van der Waals surface area contributed by atoms with E-state index in [0.29, 0.717) is 6.61 Å². The van der Waals surface area contributed by atoms with Crippen molar-refractivity contribution in [2.24, 2.45) is 0 Å². The van der Waals surface area contributed by atoms with E-state index in [9.17, 15) is 0 Å². The van der Waals surface area contributed by atoms with Gasteiger partial charge in [-0.2, -0.15) is 0 Å². The van der Waals surface area contributed by atoms with Crippen LogP contribution in [0.25, 0.3) is 0 Å². The molecule has 1 rings (SSSR count). The molecule has 0 aromatic carbocycles. The topological polar surface area (TPSA) is 29.5 Å². The molecular formula is C7H12O2. The Hall–Kier alpha value is -0.340. The molecule has 0 radical (unpaired) electrons. The van der Waals surface area contributed by atoms with Gasteiger partial charge in [0, 0.05) is 0 Å². The molecule has 0 atom stereocenters. The molecule has 0 unspecified atom stereocenters. The lowest BCUT2D eigenvalue weighted by molar-refractivity contribution is 0.135. The summed E-state index contributed by atoms with van der Waals surface area (Å²) in [6.07, 6.45) is 0.982. The van der Waals surface area contributed by atoms with Crippen LogP contribution < -0.4 is 0 Å². The van der Waals surface area contributed by atoms with Crippen LogP contribution in [0.15, 0.2) is 11.1 Å². The van der Waals surface area contributed by atoms with Crippen molar-refractivity contribution >= 4 is 0 Å². The van der Waals surface area contributed by atoms with E-state index in [0.717, 1.165) is 18.6 Å². The molecule has 0 spiro atoms. The van der Waals surface area contributed by atoms with Crippen LogP contribution in [0.5, 0.6) is 0 Å². The first-order valence-corrected chi connectivity index (χ1v) is 3.20. The Morgan fingerprint density at radius 1 is 1.67 bits per heavy atom. The van der Waals surface area contributed by atoms with Crippen LogP contribution in [0, 0.1) is 0 Å². The van der Waals surface area contributed by atoms with Crippen LogP contribution in [0.3, 0.4) is 0 Å². The summed E-state index contributed by atoms with van der Waals surface area (Å²) < 4.78 is 5.13. The fourth-order valence-electron chi connectivity index (χ4n) is 0.901. The molecule has 52 valence electrons. The maximum absolute atomic E-state index is 8.72. The summed E-state index contributed by atoms with van der Waals surface area (Å²) in [5.41, 5.74) is 2.35. The fraction of sp³-hybridized carbons (Fsp3) is 0.714. The zero-order valence-corrected chi connectivity index (χ0v) is 5.68. The van der Waals surface area contributed by atoms with Crippen LogP contribution in [-0.4, -0.2) is 24.9 Å². The minimum atomic E-state index is 0.159. The van der Waals surface area contributed by atoms with Crippen LogP contribution in [0.2, 0.25) is 0 Å². The predicted molar refractivity (Wildman–Crippen MR) is 35.2 cm³/mol. The summed E-state index contributed by atoms with van der Waals surface area (Å²) in [5, 5.41) is 8.72. The third kappa shape index (κ3) is 1.53. The van der Waals surface area contributed by atoms with Gasteiger partial charge in [-0.25, -0.2) is 0 Å². The summed E-state index contributed by atoms with van der Waals surface area (Å²) in [6, 6.07) is 0. The largest absolute Gasteiger partial charge is 0.392 e. The average Bonchev–Trinajstić information content (AvgIpc) is 1.89. The minimum Gasteiger partial charge on any atom is -0.392 e. The van der Waals surface area contributed by atoms with E-state index >= 15 is 0 Å². The number of hydrogen-bond acceptors (Lipinski definition) is 2. The highest BCUT2D eigenvalue weighted by atomic mass is 16.5. The Morgan fingerprint density at radius 2 is 2.44 bits per heavy atom. The van der Waals surface area contributed by atoms with Crippen LogP contribution in [0.4, 0.5) is 0 Å². The maximum Gasteiger partial charge on any atom is 0.0701 e. The molecule has 0 bridgehead atoms. The van der Waals surface area contributed by atoms with E-state index in [1.807, 2.05) is 6.92 Å². The van der Waals surface area contributed by atoms with Gasteiger partial charge in [0.2, 0.25) is 0 Å². The third-order valence-electron chi connectivity index (χ3n) is 1.69. The molecule has 1 aliphatic heterocycles. The Morgan fingerprint density at radius 3 is 2.89 bits per heavy atom. The van der Waals surface area contributed by atoms with Crippen molar-refractivity contribution in [1.82, 2.24) is 0 Å². The lowest BCUT2D eigenvalue weighted by Crippen LogP contribution is -2.12. The van der Waals surface area contributed by atoms with E-state index in [1.165, 1.54) is 5.57 Å². The highest BCUT2D eigenvalue weighted by molar-refractivity contribution is 5.14. The number of aliphatic hydroxyl groups excluding tert-OH is 1. The second kappa shape index (κ2) is 2.99. The molecular weight excluding hydrogens is 116 g/mol. The highest BCUT2D eigenvalue weighted by Gasteiger charge is 2.06. The van der Waals surface area contributed by atoms with Gasteiger partial charge in [-0.1, -0.05) is 5.57 Å². The summed E-state index contributed by atoms with van der Waals surface area (Å²) in [7, 11) is 0. The lowest BCUT2D eigenvalue weighted by Gasteiger charge is -2.15. The predicted octanol–water partition coefficient (Wildman–Crippen LogP) is 0.716. The minimum absolute atomic E-state index is 0.159. The summed E-state index contributed by atoms with van der Waals surface area (Å²) in [4.78, 5) is 0. The van der Waals surface area contributed by atoms with E-state index < -0.39 is 0 Å². The molecule has 0 saturated heterocycles. The Balaban J connectivity index is 2.59. The van der Waals surface area contributed by atoms with Gasteiger partial charge in [-0.3, -0.25) is 0 Å². The van der Waals surface area contributed by atoms with Crippen LogP contribution >= 0.6 is 0 Å². The lowest BCUT2D eigenvalue weighted by atomic mass is 10.1. The van der Waals surface area contributed by atoms with E-state index in [2.05, 4.69) is 0 Å². The summed E-state index contributed by atoms with van der Waals surface area (Å²) in [6.45, 7) is 3.65. The van der Waals surface area contributed by atoms with Crippen molar-refractivity contribution in [2.75, 3.05) is 19.8 Å². The number of rotatable bonds is 1. The van der Waals surface area contributed by atoms with Crippen LogP contribution in [0.1, 0.15) is 13.3 Å². The first-order chi connectivity index (χ1) is 4.34. The number of hydrogen-bond donors (Lipinski definition) is 1. The summed E-state index contributed by atoms with van der Waals surface area (Å²) >= 11 is 0. The highest BCUT2D eigenvalue weighted by Crippen LogP contribution is 2.13. The van der Waals surface area contributed by atoms with Gasteiger partial charge in [0.25, 0.3) is 0 Å². The molecule has 1 N–H and O–H groups in total. The molecule has 0 saturated carbocycles. The molecule has 0 fully saturated rings. The Labute approximate surface area is 55.1 Å². The van der Waals surface area contributed by atoms with Gasteiger partial charge in [0.05, 0.1) is 19.8 Å². The SMILES string of the molecule is CC1=C(CO)COCC1. The van der Waals surface area contributed by atoms with E-state index in [1.54, 1.807) is 0 Å². The molecule has 0 aromatic heterocycles. The molecule has 0 amide bonds. The van der Waals surface area contributed by atoms with Crippen molar-refractivity contribution in [3.05, 3.63) is 11.1 Å². The zero-order valence-electron chi connectivity index (χ0n) is 5.68. The first kappa shape index (κ1) is 6.78. The smallest absolute Gasteiger partial charge is 0.0701 e. The fourth-order valence-corrected chi connectivity index (χ4v) is 0.901. The molecule has 9 heavy (non-hydrogen) atoms.